The number of unbranched alkanes of at least 4 members (excludes halogenated alkanes) is 1. The van der Waals surface area contributed by atoms with E-state index in [4.69, 9.17) is 5.73 Å². The van der Waals surface area contributed by atoms with Gasteiger partial charge in [-0.25, -0.2) is 4.79 Å². The number of amides is 3. The number of urea groups is 1. The third-order valence-corrected chi connectivity index (χ3v) is 2.79. The second-order valence-corrected chi connectivity index (χ2v) is 4.26. The van der Waals surface area contributed by atoms with E-state index in [-0.39, 0.29) is 12.6 Å². The highest BCUT2D eigenvalue weighted by Crippen LogP contribution is 2.03. The molecular formula is C11H22N4O2. The van der Waals surface area contributed by atoms with Gasteiger partial charge in [-0.15, -0.1) is 0 Å². The zero-order valence-corrected chi connectivity index (χ0v) is 10.4. The zero-order chi connectivity index (χ0) is 12.7. The molecule has 1 aliphatic rings. The van der Waals surface area contributed by atoms with Crippen LogP contribution in [-0.2, 0) is 4.79 Å². The standard InChI is InChI=1S/C11H22N4O2/c1-2-3-6-15(9-10(12)16)11(17)14-7-4-13-5-8-14/h13H,2-9H2,1H3,(H2,12,16). The van der Waals surface area contributed by atoms with Crippen LogP contribution >= 0.6 is 0 Å². The van der Waals surface area contributed by atoms with Crippen molar-refractivity contribution < 1.29 is 9.59 Å². The second kappa shape index (κ2) is 7.11. The maximum atomic E-state index is 12.2. The Morgan fingerprint density at radius 1 is 1.35 bits per heavy atom. The van der Waals surface area contributed by atoms with E-state index < -0.39 is 5.91 Å². The molecule has 1 saturated heterocycles. The molecule has 0 atom stereocenters. The van der Waals surface area contributed by atoms with Gasteiger partial charge in [0.1, 0.15) is 6.54 Å². The van der Waals surface area contributed by atoms with Crippen molar-refractivity contribution in [2.45, 2.75) is 19.8 Å². The summed E-state index contributed by atoms with van der Waals surface area (Å²) >= 11 is 0. The molecule has 1 aliphatic heterocycles. The van der Waals surface area contributed by atoms with Gasteiger partial charge in [0.25, 0.3) is 0 Å². The van der Waals surface area contributed by atoms with E-state index in [1.807, 2.05) is 0 Å². The molecule has 0 aromatic heterocycles. The van der Waals surface area contributed by atoms with Crippen molar-refractivity contribution >= 4 is 11.9 Å². The molecule has 1 heterocycles. The molecule has 0 unspecified atom stereocenters. The lowest BCUT2D eigenvalue weighted by molar-refractivity contribution is -0.118. The Morgan fingerprint density at radius 2 is 2.00 bits per heavy atom. The highest BCUT2D eigenvalue weighted by atomic mass is 16.2. The summed E-state index contributed by atoms with van der Waals surface area (Å²) in [4.78, 5) is 26.4. The highest BCUT2D eigenvalue weighted by Gasteiger charge is 2.22. The Bertz CT molecular complexity index is 264. The summed E-state index contributed by atoms with van der Waals surface area (Å²) in [5.41, 5.74) is 5.17. The van der Waals surface area contributed by atoms with Gasteiger partial charge in [0.05, 0.1) is 0 Å². The van der Waals surface area contributed by atoms with Crippen molar-refractivity contribution in [1.82, 2.24) is 15.1 Å². The average molecular weight is 242 g/mol. The van der Waals surface area contributed by atoms with Gasteiger partial charge >= 0.3 is 6.03 Å². The van der Waals surface area contributed by atoms with Crippen LogP contribution in [0.2, 0.25) is 0 Å². The van der Waals surface area contributed by atoms with Crippen LogP contribution in [0.15, 0.2) is 0 Å². The number of rotatable bonds is 5. The molecule has 0 saturated carbocycles. The Hall–Kier alpha value is -1.30. The van der Waals surface area contributed by atoms with Gasteiger partial charge in [-0.2, -0.15) is 0 Å². The van der Waals surface area contributed by atoms with E-state index in [1.54, 1.807) is 9.80 Å². The third kappa shape index (κ3) is 4.60. The molecule has 98 valence electrons. The van der Waals surface area contributed by atoms with E-state index in [2.05, 4.69) is 12.2 Å². The number of hydrogen-bond acceptors (Lipinski definition) is 3. The van der Waals surface area contributed by atoms with Crippen molar-refractivity contribution in [1.29, 1.82) is 0 Å². The van der Waals surface area contributed by atoms with Crippen LogP contribution < -0.4 is 11.1 Å². The number of carbonyl (C=O) groups excluding carboxylic acids is 2. The Kier molecular flexibility index (Phi) is 5.76. The van der Waals surface area contributed by atoms with Gasteiger partial charge in [-0.1, -0.05) is 13.3 Å². The molecule has 3 amide bonds. The second-order valence-electron chi connectivity index (χ2n) is 4.26. The number of nitrogens with one attached hydrogen (secondary N) is 1. The highest BCUT2D eigenvalue weighted by molar-refractivity contribution is 5.83. The fourth-order valence-corrected chi connectivity index (χ4v) is 1.84. The quantitative estimate of drug-likeness (QED) is 0.688. The van der Waals surface area contributed by atoms with Gasteiger partial charge in [-0.3, -0.25) is 4.79 Å². The van der Waals surface area contributed by atoms with E-state index in [1.165, 1.54) is 0 Å². The summed E-state index contributed by atoms with van der Waals surface area (Å²) in [5, 5.41) is 3.19. The van der Waals surface area contributed by atoms with E-state index >= 15 is 0 Å². The predicted molar refractivity (Wildman–Crippen MR) is 65.5 cm³/mol. The van der Waals surface area contributed by atoms with Crippen LogP contribution in [0, 0.1) is 0 Å². The first-order valence-electron chi connectivity index (χ1n) is 6.18. The number of hydrogen-bond donors (Lipinski definition) is 2. The number of nitrogens with zero attached hydrogens (tertiary/aromatic N) is 2. The maximum Gasteiger partial charge on any atom is 0.320 e. The van der Waals surface area contributed by atoms with Gasteiger partial charge in [0.15, 0.2) is 0 Å². The van der Waals surface area contributed by atoms with Crippen molar-refractivity contribution in [2.75, 3.05) is 39.3 Å². The summed E-state index contributed by atoms with van der Waals surface area (Å²) in [7, 11) is 0. The first kappa shape index (κ1) is 13.8. The summed E-state index contributed by atoms with van der Waals surface area (Å²) in [6, 6.07) is -0.0706. The molecule has 0 aromatic rings. The van der Waals surface area contributed by atoms with Crippen molar-refractivity contribution in [3.8, 4) is 0 Å². The fraction of sp³-hybridized carbons (Fsp3) is 0.818. The summed E-state index contributed by atoms with van der Waals surface area (Å²) in [6.45, 7) is 5.68. The van der Waals surface area contributed by atoms with Crippen LogP contribution in [0.5, 0.6) is 0 Å². The summed E-state index contributed by atoms with van der Waals surface area (Å²) in [6.07, 6.45) is 1.88. The van der Waals surface area contributed by atoms with E-state index in [9.17, 15) is 9.59 Å². The molecule has 17 heavy (non-hydrogen) atoms. The van der Waals surface area contributed by atoms with Crippen LogP contribution in [0.3, 0.4) is 0 Å². The Balaban J connectivity index is 2.53. The summed E-state index contributed by atoms with van der Waals surface area (Å²) < 4.78 is 0. The van der Waals surface area contributed by atoms with E-state index in [0.717, 1.165) is 25.9 Å². The average Bonchev–Trinajstić information content (AvgIpc) is 2.34. The van der Waals surface area contributed by atoms with Crippen LogP contribution in [-0.4, -0.2) is 61.0 Å². The largest absolute Gasteiger partial charge is 0.368 e. The molecular weight excluding hydrogens is 220 g/mol. The van der Waals surface area contributed by atoms with E-state index in [0.29, 0.717) is 19.6 Å². The first-order valence-corrected chi connectivity index (χ1v) is 6.18. The minimum atomic E-state index is -0.454. The molecule has 0 radical (unpaired) electrons. The Morgan fingerprint density at radius 3 is 2.53 bits per heavy atom. The lowest BCUT2D eigenvalue weighted by atomic mass is 10.3. The maximum absolute atomic E-state index is 12.2. The smallest absolute Gasteiger partial charge is 0.320 e. The number of primary amides is 1. The molecule has 0 aliphatic carbocycles. The van der Waals surface area contributed by atoms with Gasteiger partial charge < -0.3 is 20.9 Å². The monoisotopic (exact) mass is 242 g/mol. The number of piperazine rings is 1. The van der Waals surface area contributed by atoms with Gasteiger partial charge in [0, 0.05) is 32.7 Å². The third-order valence-electron chi connectivity index (χ3n) is 2.79. The predicted octanol–water partition coefficient (Wildman–Crippen LogP) is -0.401. The molecule has 0 aromatic carbocycles. The SMILES string of the molecule is CCCCN(CC(N)=O)C(=O)N1CCNCC1. The fourth-order valence-electron chi connectivity index (χ4n) is 1.84. The first-order chi connectivity index (χ1) is 8.15. The summed E-state index contributed by atoms with van der Waals surface area (Å²) in [5.74, 6) is -0.454. The lowest BCUT2D eigenvalue weighted by Gasteiger charge is -2.32. The molecule has 6 nitrogen and oxygen atoms in total. The molecule has 0 bridgehead atoms. The molecule has 3 N–H and O–H groups in total. The van der Waals surface area contributed by atoms with Crippen LogP contribution in [0.25, 0.3) is 0 Å². The Labute approximate surface area is 102 Å². The minimum absolute atomic E-state index is 0.0166. The zero-order valence-electron chi connectivity index (χ0n) is 10.4. The molecule has 0 spiro atoms. The lowest BCUT2D eigenvalue weighted by Crippen LogP contribution is -2.53. The van der Waals surface area contributed by atoms with Gasteiger partial charge in [0.2, 0.25) is 5.91 Å². The van der Waals surface area contributed by atoms with Crippen molar-refractivity contribution in [2.24, 2.45) is 5.73 Å². The van der Waals surface area contributed by atoms with Gasteiger partial charge in [-0.05, 0) is 6.42 Å². The molecule has 1 fully saturated rings. The number of carbonyl (C=O) groups is 2. The molecule has 1 rings (SSSR count). The van der Waals surface area contributed by atoms with Crippen LogP contribution in [0.1, 0.15) is 19.8 Å². The van der Waals surface area contributed by atoms with Crippen molar-refractivity contribution in [3.63, 3.8) is 0 Å². The normalized spacial score (nSPS) is 15.7. The minimum Gasteiger partial charge on any atom is -0.368 e. The topological polar surface area (TPSA) is 78.7 Å². The number of nitrogens with two attached hydrogens (primary N) is 1. The van der Waals surface area contributed by atoms with Crippen molar-refractivity contribution in [3.05, 3.63) is 0 Å². The van der Waals surface area contributed by atoms with Crippen LogP contribution in [0.4, 0.5) is 4.79 Å². The molecule has 6 heteroatoms.